The molecule has 1 saturated heterocycles. The zero-order chi connectivity index (χ0) is 24.6. The Balaban J connectivity index is 1.46. The van der Waals surface area contributed by atoms with Crippen molar-refractivity contribution >= 4 is 29.4 Å². The fourth-order valence-electron chi connectivity index (χ4n) is 4.46. The van der Waals surface area contributed by atoms with Crippen LogP contribution in [0, 0.1) is 11.7 Å². The topological polar surface area (TPSA) is 87.2 Å². The fraction of sp³-hybridized carbons (Fsp3) is 0.455. The number of hydrogen-bond donors (Lipinski definition) is 2. The molecule has 0 radical (unpaired) electrons. The largest absolute Gasteiger partial charge is 0.413 e. The molecule has 2 amide bonds. The summed E-state index contributed by atoms with van der Waals surface area (Å²) in [6.07, 6.45) is -1.59. The smallest absolute Gasteiger partial charge is 0.355 e. The molecule has 2 aliphatic rings. The Morgan fingerprint density at radius 1 is 1.26 bits per heavy atom. The standard InChI is InChI=1S/C22H22ClF4N5O2/c1-32(20(34)12-3-5-17(33)28-8-12)19(22(25,26)27)13-9-29-21(30-10-13)31-14-6-11-2-4-16(23)18(24)15(11)7-14/h2,4,9-10,12,14,19H,3,5-8H2,1H3,(H,28,33)(H,29,30,31)/t12-,14?,19?/m0/s1. The van der Waals surface area contributed by atoms with E-state index in [1.54, 1.807) is 6.07 Å². The molecule has 182 valence electrons. The maximum Gasteiger partial charge on any atom is 0.413 e. The lowest BCUT2D eigenvalue weighted by atomic mass is 9.96. The van der Waals surface area contributed by atoms with Crippen LogP contribution in [0.4, 0.5) is 23.5 Å². The zero-order valence-electron chi connectivity index (χ0n) is 18.1. The Kier molecular flexibility index (Phi) is 6.66. The van der Waals surface area contributed by atoms with Crippen molar-refractivity contribution in [2.24, 2.45) is 5.92 Å². The fourth-order valence-corrected chi connectivity index (χ4v) is 4.64. The number of alkyl halides is 3. The van der Waals surface area contributed by atoms with E-state index in [0.29, 0.717) is 23.3 Å². The summed E-state index contributed by atoms with van der Waals surface area (Å²) >= 11 is 5.83. The highest BCUT2D eigenvalue weighted by Crippen LogP contribution is 2.38. The minimum Gasteiger partial charge on any atom is -0.355 e. The molecule has 7 nitrogen and oxygen atoms in total. The van der Waals surface area contributed by atoms with Gasteiger partial charge in [0.1, 0.15) is 5.82 Å². The molecule has 0 saturated carbocycles. The van der Waals surface area contributed by atoms with Crippen molar-refractivity contribution in [3.8, 4) is 0 Å². The monoisotopic (exact) mass is 499 g/mol. The Morgan fingerprint density at radius 2 is 1.97 bits per heavy atom. The summed E-state index contributed by atoms with van der Waals surface area (Å²) < 4.78 is 56.0. The molecule has 34 heavy (non-hydrogen) atoms. The van der Waals surface area contributed by atoms with Crippen LogP contribution in [0.1, 0.15) is 35.6 Å². The average molecular weight is 500 g/mol. The van der Waals surface area contributed by atoms with Gasteiger partial charge >= 0.3 is 6.18 Å². The second-order valence-corrected chi connectivity index (χ2v) is 8.93. The molecule has 0 bridgehead atoms. The molecule has 1 aliphatic heterocycles. The lowest BCUT2D eigenvalue weighted by Crippen LogP contribution is -2.47. The van der Waals surface area contributed by atoms with Gasteiger partial charge in [0.25, 0.3) is 0 Å². The van der Waals surface area contributed by atoms with Crippen molar-refractivity contribution in [2.75, 3.05) is 18.9 Å². The average Bonchev–Trinajstić information content (AvgIpc) is 3.20. The van der Waals surface area contributed by atoms with Gasteiger partial charge in [-0.15, -0.1) is 0 Å². The third-order valence-corrected chi connectivity index (χ3v) is 6.48. The number of nitrogens with zero attached hydrogens (tertiary/aromatic N) is 3. The zero-order valence-corrected chi connectivity index (χ0v) is 18.9. The summed E-state index contributed by atoms with van der Waals surface area (Å²) in [5.41, 5.74) is 1.01. The van der Waals surface area contributed by atoms with E-state index in [2.05, 4.69) is 20.6 Å². The first-order valence-corrected chi connectivity index (χ1v) is 11.1. The number of fused-ring (bicyclic) bond motifs is 1. The summed E-state index contributed by atoms with van der Waals surface area (Å²) in [6.45, 7) is 0.00151. The van der Waals surface area contributed by atoms with Crippen molar-refractivity contribution in [3.05, 3.63) is 52.1 Å². The van der Waals surface area contributed by atoms with Crippen molar-refractivity contribution in [3.63, 3.8) is 0 Å². The lowest BCUT2D eigenvalue weighted by molar-refractivity contribution is -0.190. The Labute approximate surface area is 197 Å². The molecule has 1 aliphatic carbocycles. The molecular formula is C22H22ClF4N5O2. The third kappa shape index (κ3) is 4.94. The SMILES string of the molecule is CN(C(=O)[C@H]1CCC(=O)NC1)C(c1cnc(NC2Cc3ccc(Cl)c(F)c3C2)nc1)C(F)(F)F. The second-order valence-electron chi connectivity index (χ2n) is 8.52. The minimum atomic E-state index is -4.76. The van der Waals surface area contributed by atoms with Crippen LogP contribution in [0.25, 0.3) is 0 Å². The highest BCUT2D eigenvalue weighted by atomic mass is 35.5. The molecule has 3 atom stereocenters. The quantitative estimate of drug-likeness (QED) is 0.615. The Morgan fingerprint density at radius 3 is 2.59 bits per heavy atom. The van der Waals surface area contributed by atoms with Crippen LogP contribution in [-0.4, -0.2) is 52.5 Å². The van der Waals surface area contributed by atoms with Crippen LogP contribution >= 0.6 is 11.6 Å². The molecular weight excluding hydrogens is 478 g/mol. The number of nitrogens with one attached hydrogen (secondary N) is 2. The van der Waals surface area contributed by atoms with E-state index < -0.39 is 29.9 Å². The van der Waals surface area contributed by atoms with Gasteiger partial charge in [0.05, 0.1) is 10.9 Å². The van der Waals surface area contributed by atoms with Gasteiger partial charge in [0, 0.05) is 44.0 Å². The minimum absolute atomic E-state index is 0.00151. The Bertz CT molecular complexity index is 1090. The maximum atomic E-state index is 14.2. The van der Waals surface area contributed by atoms with Crippen LogP contribution in [0.3, 0.4) is 0 Å². The van der Waals surface area contributed by atoms with Crippen LogP contribution in [0.15, 0.2) is 24.5 Å². The number of amides is 2. The van der Waals surface area contributed by atoms with Gasteiger partial charge in [-0.3, -0.25) is 9.59 Å². The summed E-state index contributed by atoms with van der Waals surface area (Å²) in [6, 6.07) is 0.751. The van der Waals surface area contributed by atoms with Crippen molar-refractivity contribution in [1.82, 2.24) is 20.2 Å². The lowest BCUT2D eigenvalue weighted by Gasteiger charge is -2.33. The normalized spacial score (nSPS) is 20.9. The molecule has 1 aromatic heterocycles. The highest BCUT2D eigenvalue weighted by molar-refractivity contribution is 6.30. The van der Waals surface area contributed by atoms with Crippen molar-refractivity contribution in [2.45, 2.75) is 43.9 Å². The number of benzene rings is 1. The molecule has 2 heterocycles. The number of hydrogen-bond acceptors (Lipinski definition) is 5. The van der Waals surface area contributed by atoms with Crippen LogP contribution in [0.5, 0.6) is 0 Å². The number of aromatic nitrogens is 2. The van der Waals surface area contributed by atoms with E-state index in [0.717, 1.165) is 25.0 Å². The van der Waals surface area contributed by atoms with E-state index in [1.807, 2.05) is 0 Å². The van der Waals surface area contributed by atoms with E-state index in [-0.39, 0.29) is 47.9 Å². The van der Waals surface area contributed by atoms with Crippen molar-refractivity contribution in [1.29, 1.82) is 0 Å². The predicted molar refractivity (Wildman–Crippen MR) is 116 cm³/mol. The summed E-state index contributed by atoms with van der Waals surface area (Å²) in [5, 5.41) is 5.56. The molecule has 2 unspecified atom stereocenters. The first kappa shape index (κ1) is 24.2. The molecule has 1 fully saturated rings. The second kappa shape index (κ2) is 9.36. The van der Waals surface area contributed by atoms with Crippen LogP contribution in [-0.2, 0) is 22.4 Å². The Hall–Kier alpha value is -2.95. The van der Waals surface area contributed by atoms with E-state index in [4.69, 9.17) is 11.6 Å². The molecule has 0 spiro atoms. The predicted octanol–water partition coefficient (Wildman–Crippen LogP) is 3.44. The molecule has 1 aromatic carbocycles. The van der Waals surface area contributed by atoms with E-state index >= 15 is 0 Å². The number of carbonyl (C=O) groups excluding carboxylic acids is 2. The van der Waals surface area contributed by atoms with Gasteiger partial charge in [-0.05, 0) is 36.5 Å². The molecule has 2 N–H and O–H groups in total. The molecule has 2 aromatic rings. The first-order valence-electron chi connectivity index (χ1n) is 10.7. The first-order chi connectivity index (χ1) is 16.0. The third-order valence-electron chi connectivity index (χ3n) is 6.19. The van der Waals surface area contributed by atoms with E-state index in [1.165, 1.54) is 6.07 Å². The number of rotatable bonds is 5. The van der Waals surface area contributed by atoms with Gasteiger partial charge in [-0.1, -0.05) is 17.7 Å². The van der Waals surface area contributed by atoms with E-state index in [9.17, 15) is 27.2 Å². The van der Waals surface area contributed by atoms with Gasteiger partial charge < -0.3 is 15.5 Å². The van der Waals surface area contributed by atoms with Gasteiger partial charge in [-0.25, -0.2) is 14.4 Å². The molecule has 12 heteroatoms. The van der Waals surface area contributed by atoms with Gasteiger partial charge in [0.15, 0.2) is 6.04 Å². The number of piperidine rings is 1. The number of anilines is 1. The summed E-state index contributed by atoms with van der Waals surface area (Å²) in [7, 11) is 1.08. The molecule has 4 rings (SSSR count). The maximum absolute atomic E-state index is 14.2. The van der Waals surface area contributed by atoms with Crippen LogP contribution in [0.2, 0.25) is 5.02 Å². The summed E-state index contributed by atoms with van der Waals surface area (Å²) in [4.78, 5) is 32.7. The number of carbonyl (C=O) groups is 2. The number of halogens is 5. The van der Waals surface area contributed by atoms with Crippen molar-refractivity contribution < 1.29 is 27.2 Å². The summed E-state index contributed by atoms with van der Waals surface area (Å²) in [5.74, 6) is -2.05. The van der Waals surface area contributed by atoms with Gasteiger partial charge in [-0.2, -0.15) is 13.2 Å². The van der Waals surface area contributed by atoms with Crippen LogP contribution < -0.4 is 10.6 Å². The highest BCUT2D eigenvalue weighted by Gasteiger charge is 2.47. The van der Waals surface area contributed by atoms with Gasteiger partial charge in [0.2, 0.25) is 17.8 Å².